The molecule has 8 aromatic carbocycles. The maximum Gasteiger partial charge on any atom is 0.224 e. The average Bonchev–Trinajstić information content (AvgIpc) is 1.63. The molecule has 24 aromatic rings. The van der Waals surface area contributed by atoms with E-state index >= 15 is 0 Å². The lowest BCUT2D eigenvalue weighted by molar-refractivity contribution is -0.116. The van der Waals surface area contributed by atoms with E-state index in [2.05, 4.69) is 160 Å². The van der Waals surface area contributed by atoms with E-state index in [4.69, 9.17) is 25.7 Å². The van der Waals surface area contributed by atoms with Gasteiger partial charge in [-0.3, -0.25) is 70.0 Å². The van der Waals surface area contributed by atoms with Crippen LogP contribution in [0.4, 0.5) is 28.9 Å². The van der Waals surface area contributed by atoms with Crippen LogP contribution in [0.1, 0.15) is 56.7 Å². The second-order valence-electron chi connectivity index (χ2n) is 36.1. The molecule has 1 aliphatic rings. The molecule has 0 saturated carbocycles. The number of piperidine rings is 1. The number of imidazole rings is 4. The van der Waals surface area contributed by atoms with Gasteiger partial charge in [0.1, 0.15) is 46.0 Å². The van der Waals surface area contributed by atoms with Gasteiger partial charge in [0.25, 0.3) is 0 Å². The second-order valence-corrected chi connectivity index (χ2v) is 36.1. The highest BCUT2D eigenvalue weighted by Crippen LogP contribution is 2.41. The van der Waals surface area contributed by atoms with Crippen LogP contribution in [0.2, 0.25) is 0 Å². The van der Waals surface area contributed by atoms with Crippen molar-refractivity contribution < 1.29 is 27.5 Å². The number of H-pyrrole nitrogens is 8. The van der Waals surface area contributed by atoms with Gasteiger partial charge < -0.3 is 41.4 Å². The summed E-state index contributed by atoms with van der Waals surface area (Å²) in [6.07, 6.45) is 29.5. The van der Waals surface area contributed by atoms with Gasteiger partial charge in [0.15, 0.2) is 23.3 Å². The van der Waals surface area contributed by atoms with Gasteiger partial charge in [-0.15, -0.1) is 0 Å². The number of amides is 1. The number of carbonyl (C=O) groups excluding carboxylic acids is 1. The van der Waals surface area contributed by atoms with Crippen LogP contribution in [0, 0.1) is 36.1 Å². The number of nitrogen functional groups attached to an aromatic ring is 1. The summed E-state index contributed by atoms with van der Waals surface area (Å²) in [5.74, 6) is 1.39. The van der Waals surface area contributed by atoms with Crippen LogP contribution in [0.25, 0.3) is 223 Å². The van der Waals surface area contributed by atoms with Gasteiger partial charge in [-0.05, 0) is 221 Å². The Bertz CT molecular complexity index is 9000. The highest BCUT2D eigenvalue weighted by molar-refractivity contribution is 6.04. The minimum atomic E-state index is -0.318. The second kappa shape index (κ2) is 39.7. The van der Waals surface area contributed by atoms with Crippen molar-refractivity contribution in [1.82, 2.24) is 131 Å². The first-order valence-electron chi connectivity index (χ1n) is 47.1. The molecule has 1 fully saturated rings. The van der Waals surface area contributed by atoms with E-state index in [1.165, 1.54) is 42.5 Å². The number of aromatic nitrogens is 24. The fraction of sp³-hybridized carbons (Fsp3) is 0.126. The number of aryl methyl sites for hydroxylation is 1. The third-order valence-electron chi connectivity index (χ3n) is 25.5. The number of pyridine rings is 8. The van der Waals surface area contributed by atoms with Crippen LogP contribution in [-0.2, 0) is 17.9 Å². The predicted octanol–water partition coefficient (Wildman–Crippen LogP) is 22.4. The quantitative estimate of drug-likeness (QED) is 0.0315. The number of nitrogens with zero attached hydrogens (tertiary/aromatic N) is 17. The number of hydrogen-bond acceptors (Lipinski definition) is 21. The number of anilines is 2. The maximum absolute atomic E-state index is 14.9. The molecular weight excluding hydrogens is 1830 g/mol. The normalized spacial score (nSPS) is 12.4. The monoisotopic (exact) mass is 1920 g/mol. The summed E-state index contributed by atoms with van der Waals surface area (Å²) in [5.41, 5.74) is 36.1. The molecule has 1 amide bonds. The Hall–Kier alpha value is -18.4. The van der Waals surface area contributed by atoms with Crippen molar-refractivity contribution in [3.05, 3.63) is 327 Å². The van der Waals surface area contributed by atoms with Crippen LogP contribution < -0.4 is 16.4 Å². The number of halogens is 4. The molecule has 1 saturated heterocycles. The fourth-order valence-corrected chi connectivity index (χ4v) is 18.4. The van der Waals surface area contributed by atoms with Crippen molar-refractivity contribution in [3.8, 4) is 135 Å². The Morgan fingerprint density at radius 2 is 0.779 bits per heavy atom. The van der Waals surface area contributed by atoms with E-state index in [1.54, 1.807) is 105 Å². The number of nitrogens with two attached hydrogens (primary N) is 1. The summed E-state index contributed by atoms with van der Waals surface area (Å²) in [5, 5.41) is 50.3. The average molecular weight is 1920 g/mol. The molecular formula is C111H90F4N28O2. The van der Waals surface area contributed by atoms with Gasteiger partial charge in [0.2, 0.25) is 5.91 Å². The summed E-state index contributed by atoms with van der Waals surface area (Å²) in [7, 11) is 0. The summed E-state index contributed by atoms with van der Waals surface area (Å²) in [6.45, 7) is 12.0. The molecule has 0 unspecified atom stereocenters. The number of aliphatic hydroxyl groups is 1. The van der Waals surface area contributed by atoms with Crippen molar-refractivity contribution in [2.75, 3.05) is 30.7 Å². The van der Waals surface area contributed by atoms with Crippen molar-refractivity contribution in [3.63, 3.8) is 0 Å². The van der Waals surface area contributed by atoms with Gasteiger partial charge in [-0.2, -0.15) is 20.4 Å². The van der Waals surface area contributed by atoms with E-state index in [-0.39, 0.29) is 41.2 Å². The minimum absolute atomic E-state index is 0.0440. The molecule has 0 bridgehead atoms. The van der Waals surface area contributed by atoms with Crippen LogP contribution in [0.15, 0.2) is 287 Å². The molecule has 17 heterocycles. The lowest BCUT2D eigenvalue weighted by Crippen LogP contribution is -2.35. The first-order chi connectivity index (χ1) is 70.8. The number of fused-ring (bicyclic) bond motifs is 8. The molecule has 0 atom stereocenters. The molecule has 1 aliphatic heterocycles. The lowest BCUT2D eigenvalue weighted by Gasteiger charge is -2.29. The highest BCUT2D eigenvalue weighted by atomic mass is 19.1. The van der Waals surface area contributed by atoms with Gasteiger partial charge in [0, 0.05) is 167 Å². The summed E-state index contributed by atoms with van der Waals surface area (Å²) in [4.78, 5) is 81.9. The van der Waals surface area contributed by atoms with Crippen molar-refractivity contribution in [2.45, 2.75) is 66.2 Å². The van der Waals surface area contributed by atoms with E-state index in [9.17, 15) is 27.5 Å². The first-order valence-corrected chi connectivity index (χ1v) is 47.1. The Kier molecular flexibility index (Phi) is 25.1. The molecule has 0 radical (unpaired) electrons. The maximum atomic E-state index is 14.9. The number of hydrogen-bond donors (Lipinski definition) is 12. The van der Waals surface area contributed by atoms with Crippen LogP contribution >= 0.6 is 0 Å². The van der Waals surface area contributed by atoms with E-state index in [0.717, 1.165) is 199 Å². The lowest BCUT2D eigenvalue weighted by atomic mass is 10.0. The van der Waals surface area contributed by atoms with Crippen LogP contribution in [-0.4, -0.2) is 162 Å². The van der Waals surface area contributed by atoms with Crippen molar-refractivity contribution in [2.24, 2.45) is 5.92 Å². The predicted molar refractivity (Wildman–Crippen MR) is 556 cm³/mol. The van der Waals surface area contributed by atoms with E-state index < -0.39 is 0 Å². The Morgan fingerprint density at radius 3 is 1.21 bits per heavy atom. The molecule has 25 rings (SSSR count). The SMILES string of the molecule is CC(C)CC(=O)Nc1cncc(-c2ccc3[nH]nc(-c4nc5c(-c6cc(F)cc(CN7CCC(O)CC7)c6)cncc5[nH]4)c3c2)c1.CCNCc1cncc(-c2ccc3[nH]nc(-c4nc5c(-c6cccc(F)c6)cncc5[nH]4)c3c2)c1.Cc1ccncc1-c1ccc2[nH]nc(-c3nc4c(-c5cccc(F)c5)cncc4[nH]3)c2c1.Nc1cncc(-c2ccc3[nH]nc(-c4nc5c(-c6cccc(F)c6)cncc5[nH]4)c3c2)c1. The van der Waals surface area contributed by atoms with Gasteiger partial charge >= 0.3 is 0 Å². The molecule has 16 aromatic heterocycles. The number of carbonyl (C=O) groups is 1. The zero-order valence-electron chi connectivity index (χ0n) is 78.5. The van der Waals surface area contributed by atoms with E-state index in [0.29, 0.717) is 104 Å². The first kappa shape index (κ1) is 91.7. The van der Waals surface area contributed by atoms with Crippen LogP contribution in [0.3, 0.4) is 0 Å². The Balaban J connectivity index is 0.000000111. The number of aromatic amines is 8. The van der Waals surface area contributed by atoms with Crippen molar-refractivity contribution in [1.29, 1.82) is 0 Å². The molecule has 13 N–H and O–H groups in total. The third kappa shape index (κ3) is 19.4. The van der Waals surface area contributed by atoms with Crippen molar-refractivity contribution >= 4 is 105 Å². The number of rotatable bonds is 20. The van der Waals surface area contributed by atoms with Gasteiger partial charge in [0.05, 0.1) is 115 Å². The molecule has 0 aliphatic carbocycles. The summed E-state index contributed by atoms with van der Waals surface area (Å²) in [6, 6.07) is 56.5. The van der Waals surface area contributed by atoms with Crippen LogP contribution in [0.5, 0.6) is 0 Å². The molecule has 30 nitrogen and oxygen atoms in total. The van der Waals surface area contributed by atoms with Gasteiger partial charge in [-0.25, -0.2) is 37.5 Å². The minimum Gasteiger partial charge on any atom is -0.397 e. The number of likely N-dealkylation sites (tertiary alicyclic amines) is 1. The zero-order chi connectivity index (χ0) is 98.9. The summed E-state index contributed by atoms with van der Waals surface area (Å²) >= 11 is 0. The molecule has 34 heteroatoms. The molecule has 0 spiro atoms. The zero-order valence-corrected chi connectivity index (χ0v) is 78.5. The topological polar surface area (TPSA) is 423 Å². The number of benzene rings is 8. The highest BCUT2D eigenvalue weighted by Gasteiger charge is 2.26. The fourth-order valence-electron chi connectivity index (χ4n) is 18.4. The Morgan fingerprint density at radius 1 is 0.393 bits per heavy atom. The molecule has 145 heavy (non-hydrogen) atoms. The number of nitrogens with one attached hydrogen (secondary N) is 10. The number of aliphatic hydroxyl groups excluding tert-OH is 1. The summed E-state index contributed by atoms with van der Waals surface area (Å²) < 4.78 is 56.3. The largest absolute Gasteiger partial charge is 0.397 e. The Labute approximate surface area is 823 Å². The van der Waals surface area contributed by atoms with E-state index in [1.807, 2.05) is 123 Å². The van der Waals surface area contributed by atoms with Gasteiger partial charge in [-0.1, -0.05) is 81.4 Å². The standard InChI is InChI=1S/C35H35FN8O2.C27H22FN7.C25H17FN6.C24H16FN7/c1-20(2)9-32(46)39-26-13-24(15-37-16-26)22-3-4-30-28(14-22)34(43-42-30)35-40-31-18-38-17-29(33(31)41-35)23-10-21(11-25(36)12-23)19-44-7-5-27(45)6-8-44;1-2-29-11-16-8-19(13-30-12-16)17-6-7-23-21(10-17)26(35-34-23)27-32-24-15-31-14-22(25(24)33-27)18-4-3-5-20(28)9-18;1-14-7-8-27-11-19(14)16-5-6-21-18(10-16)24(32-31-21)25-29-22-13-28-12-20(23(22)30-25)15-3-2-4-17(26)9-15;25-16-3-1-2-14(6-16)19-11-28-12-21-22(19)30-24(29-21)23-18-8-13(4-5-20(18)31-32-23)15-7-17(26)10-27-9-15/h3-4,10-18,20,27,45H,5-9,19H2,1-2H3,(H,39,46)(H,40,41)(H,42,43);3-10,12-15,29H,2,11H2,1H3,(H,32,33)(H,34,35);2-13H,1H3,(H,29,30)(H,31,32);1-12H,26H2,(H,29,30)(H,31,32). The smallest absolute Gasteiger partial charge is 0.224 e. The third-order valence-corrected chi connectivity index (χ3v) is 25.5. The molecule has 714 valence electrons.